The van der Waals surface area contributed by atoms with Gasteiger partial charge in [-0.2, -0.15) is 0 Å². The van der Waals surface area contributed by atoms with Crippen LogP contribution in [0.4, 0.5) is 10.5 Å². The Balaban J connectivity index is 2.75. The number of halogens is 1. The van der Waals surface area contributed by atoms with Crippen molar-refractivity contribution in [1.29, 1.82) is 0 Å². The van der Waals surface area contributed by atoms with E-state index in [0.29, 0.717) is 16.5 Å². The highest BCUT2D eigenvalue weighted by atomic mass is 35.5. The zero-order valence-corrected chi connectivity index (χ0v) is 10.6. The standard InChI is InChI=1S/C11H13ClN2O4/c1-6(10(15)16)13-11(17)14-8-5-7(12)3-4-9(8)18-2/h3-6H,1-2H3,(H,15,16)(H2,13,14,17). The highest BCUT2D eigenvalue weighted by Crippen LogP contribution is 2.27. The molecule has 98 valence electrons. The number of carboxylic acid groups (broad SMARTS) is 1. The van der Waals surface area contributed by atoms with Crippen molar-refractivity contribution in [2.24, 2.45) is 0 Å². The van der Waals surface area contributed by atoms with Gasteiger partial charge >= 0.3 is 12.0 Å². The van der Waals surface area contributed by atoms with Crippen LogP contribution in [0.3, 0.4) is 0 Å². The Hall–Kier alpha value is -1.95. The lowest BCUT2D eigenvalue weighted by molar-refractivity contribution is -0.138. The summed E-state index contributed by atoms with van der Waals surface area (Å²) in [5, 5.41) is 13.8. The van der Waals surface area contributed by atoms with Gasteiger partial charge in [-0.3, -0.25) is 4.79 Å². The minimum atomic E-state index is -1.12. The molecule has 0 aliphatic carbocycles. The van der Waals surface area contributed by atoms with Crippen LogP contribution in [0.2, 0.25) is 5.02 Å². The van der Waals surface area contributed by atoms with E-state index in [1.165, 1.54) is 20.1 Å². The normalized spacial score (nSPS) is 11.5. The second kappa shape index (κ2) is 6.11. The van der Waals surface area contributed by atoms with E-state index < -0.39 is 18.0 Å². The maximum atomic E-state index is 11.5. The Labute approximate surface area is 109 Å². The number of ether oxygens (including phenoxy) is 1. The average molecular weight is 273 g/mol. The molecule has 18 heavy (non-hydrogen) atoms. The summed E-state index contributed by atoms with van der Waals surface area (Å²) in [6.07, 6.45) is 0. The lowest BCUT2D eigenvalue weighted by Gasteiger charge is -2.13. The maximum absolute atomic E-state index is 11.5. The molecule has 2 amide bonds. The number of carboxylic acids is 1. The summed E-state index contributed by atoms with van der Waals surface area (Å²) in [4.78, 5) is 22.1. The first-order valence-electron chi connectivity index (χ1n) is 5.08. The third-order valence-corrected chi connectivity index (χ3v) is 2.36. The van der Waals surface area contributed by atoms with Crippen molar-refractivity contribution in [1.82, 2.24) is 5.32 Å². The third-order valence-electron chi connectivity index (χ3n) is 2.13. The van der Waals surface area contributed by atoms with Gasteiger partial charge in [0.15, 0.2) is 0 Å². The summed E-state index contributed by atoms with van der Waals surface area (Å²) in [5.41, 5.74) is 0.361. The number of carbonyl (C=O) groups is 2. The molecule has 0 fully saturated rings. The van der Waals surface area contributed by atoms with Gasteiger partial charge in [-0.1, -0.05) is 11.6 Å². The molecule has 1 unspecified atom stereocenters. The van der Waals surface area contributed by atoms with Crippen molar-refractivity contribution >= 4 is 29.3 Å². The lowest BCUT2D eigenvalue weighted by Crippen LogP contribution is -2.40. The number of methoxy groups -OCH3 is 1. The number of urea groups is 1. The number of aliphatic carboxylic acids is 1. The van der Waals surface area contributed by atoms with Gasteiger partial charge in [0, 0.05) is 5.02 Å². The minimum Gasteiger partial charge on any atom is -0.495 e. The molecule has 1 atom stereocenters. The summed E-state index contributed by atoms with van der Waals surface area (Å²) in [7, 11) is 1.45. The van der Waals surface area contributed by atoms with Gasteiger partial charge in [0.2, 0.25) is 0 Å². The minimum absolute atomic E-state index is 0.361. The van der Waals surface area contributed by atoms with Crippen LogP contribution in [0.1, 0.15) is 6.92 Å². The van der Waals surface area contributed by atoms with Crippen LogP contribution in [0.5, 0.6) is 5.75 Å². The number of hydrogen-bond acceptors (Lipinski definition) is 3. The molecule has 1 aromatic carbocycles. The number of anilines is 1. The second-order valence-electron chi connectivity index (χ2n) is 3.50. The van der Waals surface area contributed by atoms with E-state index in [4.69, 9.17) is 21.4 Å². The van der Waals surface area contributed by atoms with Crippen LogP contribution < -0.4 is 15.4 Å². The van der Waals surface area contributed by atoms with Gasteiger partial charge in [-0.15, -0.1) is 0 Å². The van der Waals surface area contributed by atoms with Gasteiger partial charge in [0.25, 0.3) is 0 Å². The Morgan fingerprint density at radius 2 is 2.11 bits per heavy atom. The van der Waals surface area contributed by atoms with Crippen LogP contribution in [-0.2, 0) is 4.79 Å². The second-order valence-corrected chi connectivity index (χ2v) is 3.94. The smallest absolute Gasteiger partial charge is 0.325 e. The van der Waals surface area contributed by atoms with E-state index in [-0.39, 0.29) is 0 Å². The van der Waals surface area contributed by atoms with E-state index in [1.54, 1.807) is 12.1 Å². The fraction of sp³-hybridized carbons (Fsp3) is 0.273. The summed E-state index contributed by atoms with van der Waals surface area (Å²) < 4.78 is 5.04. The zero-order chi connectivity index (χ0) is 13.7. The molecule has 0 aliphatic rings. The molecule has 0 heterocycles. The van der Waals surface area contributed by atoms with Crippen LogP contribution in [0.25, 0.3) is 0 Å². The number of amides is 2. The first-order chi connectivity index (χ1) is 8.43. The van der Waals surface area contributed by atoms with Crippen LogP contribution in [0, 0.1) is 0 Å². The molecular weight excluding hydrogens is 260 g/mol. The Morgan fingerprint density at radius 1 is 1.44 bits per heavy atom. The highest BCUT2D eigenvalue weighted by Gasteiger charge is 2.15. The molecule has 0 spiro atoms. The van der Waals surface area contributed by atoms with Crippen molar-refractivity contribution < 1.29 is 19.4 Å². The number of benzene rings is 1. The molecule has 0 aliphatic heterocycles. The zero-order valence-electron chi connectivity index (χ0n) is 9.86. The van der Waals surface area contributed by atoms with Gasteiger partial charge in [0.05, 0.1) is 12.8 Å². The monoisotopic (exact) mass is 272 g/mol. The molecule has 1 aromatic rings. The van der Waals surface area contributed by atoms with Crippen LogP contribution in [0.15, 0.2) is 18.2 Å². The van der Waals surface area contributed by atoms with Gasteiger partial charge in [-0.05, 0) is 25.1 Å². The molecule has 0 aromatic heterocycles. The van der Waals surface area contributed by atoms with Crippen molar-refractivity contribution in [3.05, 3.63) is 23.2 Å². The summed E-state index contributed by atoms with van der Waals surface area (Å²) in [6, 6.07) is 3.08. The number of hydrogen-bond donors (Lipinski definition) is 3. The number of nitrogens with one attached hydrogen (secondary N) is 2. The number of rotatable bonds is 4. The van der Waals surface area contributed by atoms with Crippen LogP contribution in [-0.4, -0.2) is 30.3 Å². The van der Waals surface area contributed by atoms with E-state index in [0.717, 1.165) is 0 Å². The van der Waals surface area contributed by atoms with E-state index in [9.17, 15) is 9.59 Å². The maximum Gasteiger partial charge on any atom is 0.325 e. The van der Waals surface area contributed by atoms with Gasteiger partial charge in [0.1, 0.15) is 11.8 Å². The average Bonchev–Trinajstić information content (AvgIpc) is 2.28. The predicted molar refractivity (Wildman–Crippen MR) is 67.3 cm³/mol. The Bertz CT molecular complexity index is 464. The highest BCUT2D eigenvalue weighted by molar-refractivity contribution is 6.31. The molecule has 7 heteroatoms. The third kappa shape index (κ3) is 3.81. The topological polar surface area (TPSA) is 87.7 Å². The molecule has 1 rings (SSSR count). The van der Waals surface area contributed by atoms with Gasteiger partial charge < -0.3 is 20.5 Å². The Morgan fingerprint density at radius 3 is 2.67 bits per heavy atom. The van der Waals surface area contributed by atoms with Gasteiger partial charge in [-0.25, -0.2) is 4.79 Å². The van der Waals surface area contributed by atoms with Crippen molar-refractivity contribution in [2.45, 2.75) is 13.0 Å². The first-order valence-corrected chi connectivity index (χ1v) is 5.45. The van der Waals surface area contributed by atoms with E-state index in [2.05, 4.69) is 10.6 Å². The molecular formula is C11H13ClN2O4. The molecule has 0 saturated carbocycles. The SMILES string of the molecule is COc1ccc(Cl)cc1NC(=O)NC(C)C(=O)O. The molecule has 0 radical (unpaired) electrons. The van der Waals surface area contributed by atoms with Crippen LogP contribution >= 0.6 is 11.6 Å². The molecule has 0 saturated heterocycles. The Kier molecular flexibility index (Phi) is 4.79. The quantitative estimate of drug-likeness (QED) is 0.782. The summed E-state index contributed by atoms with van der Waals surface area (Å²) in [6.45, 7) is 1.36. The van der Waals surface area contributed by atoms with E-state index in [1.807, 2.05) is 0 Å². The summed E-state index contributed by atoms with van der Waals surface area (Å²) in [5.74, 6) is -0.694. The van der Waals surface area contributed by atoms with Crippen molar-refractivity contribution in [2.75, 3.05) is 12.4 Å². The lowest BCUT2D eigenvalue weighted by atomic mass is 10.3. The fourth-order valence-electron chi connectivity index (χ4n) is 1.19. The number of carbonyl (C=O) groups excluding carboxylic acids is 1. The van der Waals surface area contributed by atoms with E-state index >= 15 is 0 Å². The molecule has 0 bridgehead atoms. The molecule has 6 nitrogen and oxygen atoms in total. The van der Waals surface area contributed by atoms with Crippen molar-refractivity contribution in [3.8, 4) is 5.75 Å². The largest absolute Gasteiger partial charge is 0.495 e. The molecule has 3 N–H and O–H groups in total. The van der Waals surface area contributed by atoms with Crippen molar-refractivity contribution in [3.63, 3.8) is 0 Å². The predicted octanol–water partition coefficient (Wildman–Crippen LogP) is 1.94. The fourth-order valence-corrected chi connectivity index (χ4v) is 1.37. The summed E-state index contributed by atoms with van der Waals surface area (Å²) >= 11 is 5.79. The first kappa shape index (κ1) is 14.1.